The highest BCUT2D eigenvalue weighted by Gasteiger charge is 2.03. The fourth-order valence-corrected chi connectivity index (χ4v) is 2.05. The van der Waals surface area contributed by atoms with Gasteiger partial charge in [-0.2, -0.15) is 5.10 Å². The molecule has 4 heteroatoms. The zero-order valence-corrected chi connectivity index (χ0v) is 11.9. The number of rotatable bonds is 5. The monoisotopic (exact) mass is 282 g/mol. The van der Waals surface area contributed by atoms with Crippen LogP contribution in [0.25, 0.3) is 0 Å². The molecule has 0 radical (unpaired) electrons. The lowest BCUT2D eigenvalue weighted by atomic mass is 10.1. The van der Waals surface area contributed by atoms with Gasteiger partial charge in [0.25, 0.3) is 0 Å². The van der Waals surface area contributed by atoms with Crippen molar-refractivity contribution >= 4 is 12.1 Å². The van der Waals surface area contributed by atoms with Gasteiger partial charge in [-0.25, -0.2) is 5.43 Å². The van der Waals surface area contributed by atoms with E-state index in [4.69, 9.17) is 0 Å². The van der Waals surface area contributed by atoms with Gasteiger partial charge in [0.05, 0.1) is 12.6 Å². The van der Waals surface area contributed by atoms with Crippen molar-refractivity contribution in [2.45, 2.75) is 19.8 Å². The molecule has 0 spiro atoms. The maximum atomic E-state index is 11.8. The van der Waals surface area contributed by atoms with E-state index >= 15 is 0 Å². The number of amides is 1. The van der Waals surface area contributed by atoms with Gasteiger partial charge in [0.2, 0.25) is 5.91 Å². The minimum absolute atomic E-state index is 0.153. The van der Waals surface area contributed by atoms with Crippen molar-refractivity contribution in [2.75, 3.05) is 0 Å². The van der Waals surface area contributed by atoms with Gasteiger partial charge >= 0.3 is 0 Å². The maximum Gasteiger partial charge on any atom is 0.244 e. The number of aryl methyl sites for hydroxylation is 1. The molecule has 0 unspecified atom stereocenters. The molecule has 108 valence electrons. The Hall–Kier alpha value is -2.62. The summed E-state index contributed by atoms with van der Waals surface area (Å²) in [5, 5.41) is 13.3. The topological polar surface area (TPSA) is 61.7 Å². The van der Waals surface area contributed by atoms with Crippen molar-refractivity contribution in [3.63, 3.8) is 0 Å². The van der Waals surface area contributed by atoms with E-state index in [0.29, 0.717) is 0 Å². The predicted molar refractivity (Wildman–Crippen MR) is 83.4 cm³/mol. The van der Waals surface area contributed by atoms with Crippen molar-refractivity contribution in [3.8, 4) is 5.75 Å². The Balaban J connectivity index is 1.93. The summed E-state index contributed by atoms with van der Waals surface area (Å²) in [6.45, 7) is 2.08. The molecular weight excluding hydrogens is 264 g/mol. The van der Waals surface area contributed by atoms with E-state index in [0.717, 1.165) is 17.5 Å². The van der Waals surface area contributed by atoms with Crippen LogP contribution in [0.15, 0.2) is 53.6 Å². The lowest BCUT2D eigenvalue weighted by Crippen LogP contribution is -2.19. The lowest BCUT2D eigenvalue weighted by molar-refractivity contribution is -0.120. The second-order valence-corrected chi connectivity index (χ2v) is 4.69. The third kappa shape index (κ3) is 4.45. The molecule has 0 heterocycles. The number of aromatic hydroxyl groups is 1. The molecule has 0 fully saturated rings. The van der Waals surface area contributed by atoms with Gasteiger partial charge in [-0.15, -0.1) is 0 Å². The Labute approximate surface area is 124 Å². The summed E-state index contributed by atoms with van der Waals surface area (Å²) < 4.78 is 0. The zero-order valence-electron chi connectivity index (χ0n) is 11.9. The molecule has 0 atom stereocenters. The van der Waals surface area contributed by atoms with Gasteiger partial charge < -0.3 is 5.11 Å². The number of nitrogens with zero attached hydrogens (tertiary/aromatic N) is 1. The number of phenolic OH excluding ortho intramolecular Hbond substituents is 1. The van der Waals surface area contributed by atoms with Gasteiger partial charge in [-0.05, 0) is 35.2 Å². The maximum absolute atomic E-state index is 11.8. The van der Waals surface area contributed by atoms with E-state index in [1.807, 2.05) is 24.3 Å². The van der Waals surface area contributed by atoms with Crippen molar-refractivity contribution < 1.29 is 9.90 Å². The summed E-state index contributed by atoms with van der Waals surface area (Å²) in [6, 6.07) is 14.6. The molecule has 4 nitrogen and oxygen atoms in total. The number of carbonyl (C=O) groups is 1. The quantitative estimate of drug-likeness (QED) is 0.654. The van der Waals surface area contributed by atoms with Crippen LogP contribution in [0.1, 0.15) is 23.6 Å². The predicted octanol–water partition coefficient (Wildman–Crippen LogP) is 2.65. The molecule has 21 heavy (non-hydrogen) atoms. The highest BCUT2D eigenvalue weighted by atomic mass is 16.3. The van der Waals surface area contributed by atoms with Crippen LogP contribution in [0.3, 0.4) is 0 Å². The molecule has 2 aromatic carbocycles. The average molecular weight is 282 g/mol. The van der Waals surface area contributed by atoms with E-state index < -0.39 is 0 Å². The van der Waals surface area contributed by atoms with Crippen LogP contribution in [-0.2, 0) is 17.6 Å². The van der Waals surface area contributed by atoms with Crippen molar-refractivity contribution in [1.29, 1.82) is 0 Å². The van der Waals surface area contributed by atoms with Gasteiger partial charge in [-0.3, -0.25) is 4.79 Å². The molecule has 2 aromatic rings. The van der Waals surface area contributed by atoms with E-state index in [1.165, 1.54) is 5.56 Å². The SMILES string of the molecule is CCc1ccccc1C=NNC(=O)Cc1cccc(O)c1. The van der Waals surface area contributed by atoms with Crippen molar-refractivity contribution in [1.82, 2.24) is 5.43 Å². The zero-order chi connectivity index (χ0) is 15.1. The molecule has 0 aliphatic rings. The Morgan fingerprint density at radius 1 is 1.24 bits per heavy atom. The van der Waals surface area contributed by atoms with E-state index in [2.05, 4.69) is 17.5 Å². The normalized spacial score (nSPS) is 10.7. The average Bonchev–Trinajstić information content (AvgIpc) is 2.47. The minimum Gasteiger partial charge on any atom is -0.508 e. The van der Waals surface area contributed by atoms with E-state index in [9.17, 15) is 9.90 Å². The third-order valence-electron chi connectivity index (χ3n) is 3.10. The Morgan fingerprint density at radius 2 is 2.05 bits per heavy atom. The fourth-order valence-electron chi connectivity index (χ4n) is 2.05. The van der Waals surface area contributed by atoms with Crippen molar-refractivity contribution in [3.05, 3.63) is 65.2 Å². The highest BCUT2D eigenvalue weighted by molar-refractivity contribution is 5.84. The fraction of sp³-hybridized carbons (Fsp3) is 0.176. The second kappa shape index (κ2) is 7.24. The third-order valence-corrected chi connectivity index (χ3v) is 3.10. The van der Waals surface area contributed by atoms with Crippen LogP contribution >= 0.6 is 0 Å². The Morgan fingerprint density at radius 3 is 2.81 bits per heavy atom. The van der Waals surface area contributed by atoms with Crippen LogP contribution in [0, 0.1) is 0 Å². The largest absolute Gasteiger partial charge is 0.508 e. The summed E-state index contributed by atoms with van der Waals surface area (Å²) >= 11 is 0. The Bertz CT molecular complexity index is 651. The van der Waals surface area contributed by atoms with Gasteiger partial charge in [-0.1, -0.05) is 43.3 Å². The first-order chi connectivity index (χ1) is 10.2. The van der Waals surface area contributed by atoms with E-state index in [-0.39, 0.29) is 18.1 Å². The number of hydrazone groups is 1. The first-order valence-electron chi connectivity index (χ1n) is 6.86. The molecule has 0 aliphatic carbocycles. The summed E-state index contributed by atoms with van der Waals surface area (Å²) in [7, 11) is 0. The first kappa shape index (κ1) is 14.8. The van der Waals surface area contributed by atoms with Crippen LogP contribution in [-0.4, -0.2) is 17.2 Å². The smallest absolute Gasteiger partial charge is 0.244 e. The second-order valence-electron chi connectivity index (χ2n) is 4.69. The molecule has 1 amide bonds. The van der Waals surface area contributed by atoms with Gasteiger partial charge in [0.15, 0.2) is 0 Å². The van der Waals surface area contributed by atoms with Crippen molar-refractivity contribution in [2.24, 2.45) is 5.10 Å². The number of phenols is 1. The number of hydrogen-bond donors (Lipinski definition) is 2. The molecular formula is C17H18N2O2. The number of benzene rings is 2. The highest BCUT2D eigenvalue weighted by Crippen LogP contribution is 2.11. The summed E-state index contributed by atoms with van der Waals surface area (Å²) in [5.41, 5.74) is 5.43. The van der Waals surface area contributed by atoms with Crippen LogP contribution < -0.4 is 5.43 Å². The van der Waals surface area contributed by atoms with Gasteiger partial charge in [0, 0.05) is 0 Å². The molecule has 0 aromatic heterocycles. The molecule has 0 bridgehead atoms. The molecule has 2 N–H and O–H groups in total. The molecule has 2 rings (SSSR count). The summed E-state index contributed by atoms with van der Waals surface area (Å²) in [4.78, 5) is 11.8. The summed E-state index contributed by atoms with van der Waals surface area (Å²) in [5.74, 6) is -0.0634. The molecule has 0 saturated heterocycles. The minimum atomic E-state index is -0.217. The summed E-state index contributed by atoms with van der Waals surface area (Å²) in [6.07, 6.45) is 2.75. The standard InChI is InChI=1S/C17H18N2O2/c1-2-14-7-3-4-8-15(14)12-18-19-17(21)11-13-6-5-9-16(20)10-13/h3-10,12,20H,2,11H2,1H3,(H,19,21). The first-order valence-corrected chi connectivity index (χ1v) is 6.86. The molecule has 0 aliphatic heterocycles. The van der Waals surface area contributed by atoms with Gasteiger partial charge in [0.1, 0.15) is 5.75 Å². The number of hydrogen-bond acceptors (Lipinski definition) is 3. The molecule has 0 saturated carbocycles. The lowest BCUT2D eigenvalue weighted by Gasteiger charge is -2.03. The Kier molecular flexibility index (Phi) is 5.10. The van der Waals surface area contributed by atoms with Crippen LogP contribution in [0.5, 0.6) is 5.75 Å². The number of nitrogens with one attached hydrogen (secondary N) is 1. The van der Waals surface area contributed by atoms with Crippen LogP contribution in [0.4, 0.5) is 0 Å². The number of carbonyl (C=O) groups excluding carboxylic acids is 1. The van der Waals surface area contributed by atoms with Crippen LogP contribution in [0.2, 0.25) is 0 Å². The van der Waals surface area contributed by atoms with E-state index in [1.54, 1.807) is 30.5 Å².